The quantitative estimate of drug-likeness (QED) is 0.918. The summed E-state index contributed by atoms with van der Waals surface area (Å²) in [5.41, 5.74) is 0.720. The molecule has 2 rings (SSSR count). The van der Waals surface area contributed by atoms with Gasteiger partial charge in [-0.3, -0.25) is 4.79 Å². The van der Waals surface area contributed by atoms with Crippen molar-refractivity contribution in [2.75, 3.05) is 7.11 Å². The number of benzene rings is 2. The fourth-order valence-electron chi connectivity index (χ4n) is 2.00. The SMILES string of the molecule is COc1ccc(Cl)cc1C(=O)NC(C)c1ccc(F)c(F)c1. The molecule has 0 heterocycles. The van der Waals surface area contributed by atoms with E-state index in [0.29, 0.717) is 16.3 Å². The molecule has 6 heteroatoms. The van der Waals surface area contributed by atoms with Crippen LogP contribution in [-0.2, 0) is 0 Å². The Balaban J connectivity index is 2.21. The highest BCUT2D eigenvalue weighted by Crippen LogP contribution is 2.24. The first-order valence-electron chi connectivity index (χ1n) is 6.51. The highest BCUT2D eigenvalue weighted by Gasteiger charge is 2.17. The monoisotopic (exact) mass is 325 g/mol. The molecule has 2 aromatic carbocycles. The predicted molar refractivity (Wildman–Crippen MR) is 80.2 cm³/mol. The van der Waals surface area contributed by atoms with Crippen LogP contribution in [-0.4, -0.2) is 13.0 Å². The van der Waals surface area contributed by atoms with Crippen molar-refractivity contribution in [2.24, 2.45) is 0 Å². The second kappa shape index (κ2) is 6.75. The molecule has 1 N–H and O–H groups in total. The van der Waals surface area contributed by atoms with Crippen molar-refractivity contribution in [3.05, 3.63) is 64.2 Å². The number of ether oxygens (including phenoxy) is 1. The van der Waals surface area contributed by atoms with Crippen molar-refractivity contribution in [3.63, 3.8) is 0 Å². The van der Waals surface area contributed by atoms with Crippen molar-refractivity contribution in [1.29, 1.82) is 0 Å². The van der Waals surface area contributed by atoms with E-state index in [-0.39, 0.29) is 5.56 Å². The Morgan fingerprint density at radius 2 is 1.91 bits per heavy atom. The molecule has 1 amide bonds. The van der Waals surface area contributed by atoms with E-state index in [1.807, 2.05) is 0 Å². The van der Waals surface area contributed by atoms with Gasteiger partial charge in [-0.25, -0.2) is 8.78 Å². The lowest BCUT2D eigenvalue weighted by Gasteiger charge is -2.16. The number of methoxy groups -OCH3 is 1. The third-order valence-electron chi connectivity index (χ3n) is 3.20. The summed E-state index contributed by atoms with van der Waals surface area (Å²) in [5.74, 6) is -1.94. The van der Waals surface area contributed by atoms with Gasteiger partial charge in [0.2, 0.25) is 0 Å². The number of nitrogens with one attached hydrogen (secondary N) is 1. The number of rotatable bonds is 4. The molecule has 0 saturated carbocycles. The summed E-state index contributed by atoms with van der Waals surface area (Å²) in [4.78, 5) is 12.3. The maximum absolute atomic E-state index is 13.2. The van der Waals surface area contributed by atoms with Crippen LogP contribution in [0.2, 0.25) is 5.02 Å². The Labute approximate surface area is 131 Å². The second-order valence-electron chi connectivity index (χ2n) is 4.71. The molecule has 2 aromatic rings. The summed E-state index contributed by atoms with van der Waals surface area (Å²) < 4.78 is 31.3. The van der Waals surface area contributed by atoms with Crippen LogP contribution in [0.5, 0.6) is 5.75 Å². The molecule has 0 aliphatic rings. The van der Waals surface area contributed by atoms with Gasteiger partial charge in [0.05, 0.1) is 18.7 Å². The van der Waals surface area contributed by atoms with Crippen LogP contribution in [0.25, 0.3) is 0 Å². The van der Waals surface area contributed by atoms with Gasteiger partial charge >= 0.3 is 0 Å². The molecule has 0 aliphatic carbocycles. The lowest BCUT2D eigenvalue weighted by Crippen LogP contribution is -2.27. The van der Waals surface area contributed by atoms with Gasteiger partial charge in [0.25, 0.3) is 5.91 Å². The van der Waals surface area contributed by atoms with Crippen molar-refractivity contribution < 1.29 is 18.3 Å². The third-order valence-corrected chi connectivity index (χ3v) is 3.43. The minimum atomic E-state index is -0.959. The minimum absolute atomic E-state index is 0.268. The lowest BCUT2D eigenvalue weighted by atomic mass is 10.1. The van der Waals surface area contributed by atoms with E-state index in [0.717, 1.165) is 12.1 Å². The number of amides is 1. The van der Waals surface area contributed by atoms with Crippen LogP contribution in [0.3, 0.4) is 0 Å². The number of carbonyl (C=O) groups excluding carboxylic acids is 1. The second-order valence-corrected chi connectivity index (χ2v) is 5.15. The van der Waals surface area contributed by atoms with Crippen LogP contribution in [0, 0.1) is 11.6 Å². The van der Waals surface area contributed by atoms with Crippen LogP contribution >= 0.6 is 11.6 Å². The fraction of sp³-hybridized carbons (Fsp3) is 0.188. The predicted octanol–water partition coefficient (Wildman–Crippen LogP) is 4.12. The van der Waals surface area contributed by atoms with Gasteiger partial charge in [0.15, 0.2) is 11.6 Å². The van der Waals surface area contributed by atoms with Crippen molar-refractivity contribution in [3.8, 4) is 5.75 Å². The van der Waals surface area contributed by atoms with Gasteiger partial charge in [0, 0.05) is 5.02 Å². The molecule has 0 bridgehead atoms. The van der Waals surface area contributed by atoms with Gasteiger partial charge in [-0.05, 0) is 42.8 Å². The topological polar surface area (TPSA) is 38.3 Å². The van der Waals surface area contributed by atoms with Crippen LogP contribution in [0.15, 0.2) is 36.4 Å². The average Bonchev–Trinajstić information content (AvgIpc) is 2.49. The molecule has 3 nitrogen and oxygen atoms in total. The van der Waals surface area contributed by atoms with E-state index < -0.39 is 23.6 Å². The van der Waals surface area contributed by atoms with E-state index in [2.05, 4.69) is 5.32 Å². The number of carbonyl (C=O) groups is 1. The zero-order chi connectivity index (χ0) is 16.3. The largest absolute Gasteiger partial charge is 0.496 e. The normalized spacial score (nSPS) is 11.9. The maximum atomic E-state index is 13.2. The van der Waals surface area contributed by atoms with Crippen molar-refractivity contribution in [1.82, 2.24) is 5.32 Å². The Kier molecular flexibility index (Phi) is 4.98. The molecule has 0 fully saturated rings. The van der Waals surface area contributed by atoms with Crippen LogP contribution in [0.1, 0.15) is 28.9 Å². The Hall–Kier alpha value is -2.14. The molecule has 0 aromatic heterocycles. The number of hydrogen-bond acceptors (Lipinski definition) is 2. The first-order valence-corrected chi connectivity index (χ1v) is 6.89. The van der Waals surface area contributed by atoms with Crippen LogP contribution < -0.4 is 10.1 Å². The van der Waals surface area contributed by atoms with Gasteiger partial charge in [0.1, 0.15) is 5.75 Å². The first-order chi connectivity index (χ1) is 10.4. The molecular formula is C16H14ClF2NO2. The molecule has 1 unspecified atom stereocenters. The average molecular weight is 326 g/mol. The highest BCUT2D eigenvalue weighted by atomic mass is 35.5. The summed E-state index contributed by atoms with van der Waals surface area (Å²) in [6, 6.07) is 7.65. The summed E-state index contributed by atoms with van der Waals surface area (Å²) in [6.45, 7) is 1.67. The molecule has 0 radical (unpaired) electrons. The van der Waals surface area contributed by atoms with Gasteiger partial charge < -0.3 is 10.1 Å². The van der Waals surface area contributed by atoms with Gasteiger partial charge in [-0.1, -0.05) is 17.7 Å². The van der Waals surface area contributed by atoms with Crippen LogP contribution in [0.4, 0.5) is 8.78 Å². The number of hydrogen-bond donors (Lipinski definition) is 1. The van der Waals surface area contributed by atoms with E-state index >= 15 is 0 Å². The smallest absolute Gasteiger partial charge is 0.255 e. The Morgan fingerprint density at radius 1 is 1.18 bits per heavy atom. The molecule has 0 spiro atoms. The fourth-order valence-corrected chi connectivity index (χ4v) is 2.17. The van der Waals surface area contributed by atoms with Gasteiger partial charge in [-0.15, -0.1) is 0 Å². The van der Waals surface area contributed by atoms with E-state index in [1.165, 1.54) is 19.2 Å². The molecule has 116 valence electrons. The standard InChI is InChI=1S/C16H14ClF2NO2/c1-9(10-3-5-13(18)14(19)7-10)20-16(21)12-8-11(17)4-6-15(12)22-2/h3-9H,1-2H3,(H,20,21). The van der Waals surface area contributed by atoms with E-state index in [4.69, 9.17) is 16.3 Å². The molecular weight excluding hydrogens is 312 g/mol. The Morgan fingerprint density at radius 3 is 2.55 bits per heavy atom. The summed E-state index contributed by atoms with van der Waals surface area (Å²) in [5, 5.41) is 3.09. The first kappa shape index (κ1) is 16.2. The zero-order valence-electron chi connectivity index (χ0n) is 12.0. The summed E-state index contributed by atoms with van der Waals surface area (Å²) >= 11 is 5.88. The minimum Gasteiger partial charge on any atom is -0.496 e. The summed E-state index contributed by atoms with van der Waals surface area (Å²) in [6.07, 6.45) is 0. The molecule has 1 atom stereocenters. The zero-order valence-corrected chi connectivity index (χ0v) is 12.7. The molecule has 0 saturated heterocycles. The van der Waals surface area contributed by atoms with Crippen molar-refractivity contribution in [2.45, 2.75) is 13.0 Å². The maximum Gasteiger partial charge on any atom is 0.255 e. The Bertz CT molecular complexity index is 707. The highest BCUT2D eigenvalue weighted by molar-refractivity contribution is 6.31. The van der Waals surface area contributed by atoms with Gasteiger partial charge in [-0.2, -0.15) is 0 Å². The molecule has 22 heavy (non-hydrogen) atoms. The molecule has 0 aliphatic heterocycles. The lowest BCUT2D eigenvalue weighted by molar-refractivity contribution is 0.0936. The van der Waals surface area contributed by atoms with Crippen molar-refractivity contribution >= 4 is 17.5 Å². The third kappa shape index (κ3) is 3.54. The summed E-state index contributed by atoms with van der Waals surface area (Å²) in [7, 11) is 1.44. The van der Waals surface area contributed by atoms with E-state index in [1.54, 1.807) is 19.1 Å². The van der Waals surface area contributed by atoms with E-state index in [9.17, 15) is 13.6 Å². The number of halogens is 3.